The first kappa shape index (κ1) is 17.5. The number of benzene rings is 1. The third-order valence-corrected chi connectivity index (χ3v) is 4.66. The van der Waals surface area contributed by atoms with E-state index >= 15 is 0 Å². The normalized spacial score (nSPS) is 16.2. The number of imidazole rings is 1. The summed E-state index contributed by atoms with van der Waals surface area (Å²) in [6.45, 7) is 10.4. The number of nitrogens with zero attached hydrogens (tertiary/aromatic N) is 4. The van der Waals surface area contributed by atoms with Crippen molar-refractivity contribution < 1.29 is 9.53 Å². The summed E-state index contributed by atoms with van der Waals surface area (Å²) in [7, 11) is 0. The summed E-state index contributed by atoms with van der Waals surface area (Å²) in [5, 5.41) is 0. The van der Waals surface area contributed by atoms with E-state index in [-0.39, 0.29) is 0 Å². The van der Waals surface area contributed by atoms with Crippen LogP contribution in [-0.4, -0.2) is 53.3 Å². The molecule has 2 N–H and O–H groups in total. The maximum absolute atomic E-state index is 11.2. The first-order valence-electron chi connectivity index (χ1n) is 9.07. The van der Waals surface area contributed by atoms with E-state index in [1.807, 2.05) is 12.1 Å². The van der Waals surface area contributed by atoms with Crippen molar-refractivity contribution in [2.75, 3.05) is 37.6 Å². The van der Waals surface area contributed by atoms with Gasteiger partial charge in [-0.1, -0.05) is 13.0 Å². The Labute approximate surface area is 148 Å². The summed E-state index contributed by atoms with van der Waals surface area (Å²) in [6, 6.07) is 5.60. The van der Waals surface area contributed by atoms with Gasteiger partial charge in [0.25, 0.3) is 0 Å². The van der Waals surface area contributed by atoms with Crippen LogP contribution in [0.15, 0.2) is 18.2 Å². The summed E-state index contributed by atoms with van der Waals surface area (Å²) < 4.78 is 7.32. The largest absolute Gasteiger partial charge is 0.410 e. The van der Waals surface area contributed by atoms with Gasteiger partial charge < -0.3 is 24.8 Å². The zero-order chi connectivity index (χ0) is 17.8. The number of hydrogen-bond acceptors (Lipinski definition) is 5. The van der Waals surface area contributed by atoms with Gasteiger partial charge in [-0.25, -0.2) is 9.78 Å². The Morgan fingerprint density at radius 2 is 2.08 bits per heavy atom. The highest BCUT2D eigenvalue weighted by Gasteiger charge is 2.21. The van der Waals surface area contributed by atoms with Crippen LogP contribution >= 0.6 is 0 Å². The molecule has 3 rings (SSSR count). The van der Waals surface area contributed by atoms with Gasteiger partial charge in [0.05, 0.1) is 5.52 Å². The van der Waals surface area contributed by atoms with Gasteiger partial charge in [0.2, 0.25) is 5.95 Å². The third kappa shape index (κ3) is 3.71. The first-order valence-corrected chi connectivity index (χ1v) is 9.07. The van der Waals surface area contributed by atoms with Gasteiger partial charge in [0, 0.05) is 26.2 Å². The molecule has 1 fully saturated rings. The Bertz CT molecular complexity index is 742. The van der Waals surface area contributed by atoms with E-state index in [4.69, 9.17) is 15.5 Å². The van der Waals surface area contributed by atoms with E-state index in [2.05, 4.69) is 28.2 Å². The zero-order valence-corrected chi connectivity index (χ0v) is 15.1. The number of aromatic nitrogens is 2. The van der Waals surface area contributed by atoms with E-state index in [1.54, 1.807) is 6.07 Å². The van der Waals surface area contributed by atoms with E-state index in [9.17, 15) is 4.79 Å². The zero-order valence-electron chi connectivity index (χ0n) is 15.1. The quantitative estimate of drug-likeness (QED) is 0.901. The number of primary amides is 1. The van der Waals surface area contributed by atoms with E-state index in [0.29, 0.717) is 11.3 Å². The van der Waals surface area contributed by atoms with Crippen LogP contribution in [0.2, 0.25) is 0 Å². The minimum atomic E-state index is -0.815. The molecule has 136 valence electrons. The lowest BCUT2D eigenvalue weighted by molar-refractivity contribution is 0.211. The van der Waals surface area contributed by atoms with Crippen LogP contribution in [0, 0.1) is 0 Å². The number of aryl methyl sites for hydroxylation is 1. The molecular formula is C18H27N5O2. The second kappa shape index (κ2) is 7.74. The topological polar surface area (TPSA) is 76.6 Å². The summed E-state index contributed by atoms with van der Waals surface area (Å²) in [4.78, 5) is 20.8. The molecule has 0 unspecified atom stereocenters. The van der Waals surface area contributed by atoms with Gasteiger partial charge in [-0.3, -0.25) is 0 Å². The molecule has 1 aliphatic heterocycles. The molecule has 7 heteroatoms. The molecule has 1 saturated heterocycles. The molecule has 0 radical (unpaired) electrons. The Hall–Kier alpha value is -2.28. The molecule has 2 heterocycles. The Balaban J connectivity index is 1.94. The summed E-state index contributed by atoms with van der Waals surface area (Å²) >= 11 is 0. The fourth-order valence-corrected chi connectivity index (χ4v) is 3.56. The van der Waals surface area contributed by atoms with Crippen molar-refractivity contribution >= 4 is 23.1 Å². The van der Waals surface area contributed by atoms with Crippen LogP contribution in [0.5, 0.6) is 5.75 Å². The highest BCUT2D eigenvalue weighted by molar-refractivity contribution is 5.87. The average molecular weight is 345 g/mol. The van der Waals surface area contributed by atoms with Gasteiger partial charge >= 0.3 is 6.09 Å². The Morgan fingerprint density at radius 1 is 1.24 bits per heavy atom. The minimum Gasteiger partial charge on any atom is -0.408 e. The van der Waals surface area contributed by atoms with Crippen molar-refractivity contribution in [2.45, 2.75) is 33.2 Å². The molecule has 1 aromatic carbocycles. The molecule has 25 heavy (non-hydrogen) atoms. The van der Waals surface area contributed by atoms with Crippen LogP contribution in [0.4, 0.5) is 10.7 Å². The monoisotopic (exact) mass is 345 g/mol. The number of para-hydroxylation sites is 1. The van der Waals surface area contributed by atoms with Gasteiger partial charge in [0.15, 0.2) is 5.75 Å². The van der Waals surface area contributed by atoms with E-state index < -0.39 is 6.09 Å². The molecule has 7 nitrogen and oxygen atoms in total. The Kier molecular flexibility index (Phi) is 5.43. The number of rotatable bonds is 5. The summed E-state index contributed by atoms with van der Waals surface area (Å²) in [5.74, 6) is 1.36. The number of carbonyl (C=O) groups is 1. The maximum atomic E-state index is 11.2. The van der Waals surface area contributed by atoms with Gasteiger partial charge in [-0.05, 0) is 45.0 Å². The number of hydrogen-bond donors (Lipinski definition) is 1. The van der Waals surface area contributed by atoms with Crippen molar-refractivity contribution in [1.29, 1.82) is 0 Å². The lowest BCUT2D eigenvalue weighted by Gasteiger charge is -2.23. The van der Waals surface area contributed by atoms with Crippen molar-refractivity contribution in [3.05, 3.63) is 18.2 Å². The van der Waals surface area contributed by atoms with E-state index in [0.717, 1.165) is 57.2 Å². The Morgan fingerprint density at radius 3 is 2.80 bits per heavy atom. The predicted octanol–water partition coefficient (Wildman–Crippen LogP) is 2.44. The summed E-state index contributed by atoms with van der Waals surface area (Å²) in [6.07, 6.45) is 1.49. The van der Waals surface area contributed by atoms with Gasteiger partial charge in [-0.15, -0.1) is 0 Å². The smallest absolute Gasteiger partial charge is 0.408 e. The molecule has 0 spiro atoms. The molecule has 0 saturated carbocycles. The van der Waals surface area contributed by atoms with Crippen LogP contribution in [0.1, 0.15) is 26.7 Å². The van der Waals surface area contributed by atoms with Crippen LogP contribution < -0.4 is 15.4 Å². The number of anilines is 1. The lowest BCUT2D eigenvalue weighted by atomic mass is 10.3. The number of nitrogens with two attached hydrogens (primary N) is 1. The molecule has 1 aromatic heterocycles. The highest BCUT2D eigenvalue weighted by Crippen LogP contribution is 2.30. The van der Waals surface area contributed by atoms with Gasteiger partial charge in [-0.2, -0.15) is 0 Å². The first-order chi connectivity index (χ1) is 12.1. The second-order valence-corrected chi connectivity index (χ2v) is 6.38. The highest BCUT2D eigenvalue weighted by atomic mass is 16.5. The molecule has 0 atom stereocenters. The lowest BCUT2D eigenvalue weighted by Crippen LogP contribution is -2.32. The maximum Gasteiger partial charge on any atom is 0.410 e. The second-order valence-electron chi connectivity index (χ2n) is 6.38. The van der Waals surface area contributed by atoms with Crippen molar-refractivity contribution in [2.24, 2.45) is 5.73 Å². The number of fused-ring (bicyclic) bond motifs is 1. The average Bonchev–Trinajstić information content (AvgIpc) is 2.81. The van der Waals surface area contributed by atoms with E-state index in [1.165, 1.54) is 6.42 Å². The van der Waals surface area contributed by atoms with Crippen LogP contribution in [0.3, 0.4) is 0 Å². The molecule has 1 amide bonds. The van der Waals surface area contributed by atoms with Crippen molar-refractivity contribution in [3.63, 3.8) is 0 Å². The third-order valence-electron chi connectivity index (χ3n) is 4.66. The number of amides is 1. The predicted molar refractivity (Wildman–Crippen MR) is 99.2 cm³/mol. The molecule has 2 aromatic rings. The SMILES string of the molecule is CCCN1CCCN(c2nc3c(OC(N)=O)cccc3n2CC)CC1. The molecule has 0 aliphatic carbocycles. The molecule has 0 bridgehead atoms. The van der Waals surface area contributed by atoms with Gasteiger partial charge in [0.1, 0.15) is 5.52 Å². The van der Waals surface area contributed by atoms with Crippen LogP contribution in [0.25, 0.3) is 11.0 Å². The molecule has 1 aliphatic rings. The minimum absolute atomic E-state index is 0.417. The standard InChI is InChI=1S/C18H27N5O2/c1-3-9-21-10-6-11-22(13-12-21)18-20-16-14(23(18)4-2)7-5-8-15(16)25-17(19)24/h5,7-8H,3-4,6,9-13H2,1-2H3,(H2,19,24). The molecular weight excluding hydrogens is 318 g/mol. The number of ether oxygens (including phenoxy) is 1. The van der Waals surface area contributed by atoms with Crippen LogP contribution in [-0.2, 0) is 6.54 Å². The number of carbonyl (C=O) groups excluding carboxylic acids is 1. The summed E-state index contributed by atoms with van der Waals surface area (Å²) in [5.41, 5.74) is 6.84. The fourth-order valence-electron chi connectivity index (χ4n) is 3.56. The van der Waals surface area contributed by atoms with Crippen molar-refractivity contribution in [3.8, 4) is 5.75 Å². The van der Waals surface area contributed by atoms with Crippen molar-refractivity contribution in [1.82, 2.24) is 14.5 Å². The fraction of sp³-hybridized carbons (Fsp3) is 0.556.